The summed E-state index contributed by atoms with van der Waals surface area (Å²) < 4.78 is 0. The van der Waals surface area contributed by atoms with Crippen LogP contribution >= 0.6 is 0 Å². The molecule has 0 bridgehead atoms. The molecule has 0 radical (unpaired) electrons. The van der Waals surface area contributed by atoms with E-state index in [-0.39, 0.29) is 29.3 Å². The van der Waals surface area contributed by atoms with Crippen LogP contribution in [0.5, 0.6) is 0 Å². The van der Waals surface area contributed by atoms with Crippen molar-refractivity contribution in [3.63, 3.8) is 0 Å². The van der Waals surface area contributed by atoms with Gasteiger partial charge in [0.15, 0.2) is 0 Å². The lowest BCUT2D eigenvalue weighted by Gasteiger charge is -2.54. The van der Waals surface area contributed by atoms with Crippen molar-refractivity contribution >= 4 is 5.91 Å². The number of nitrogens with one attached hydrogen (secondary N) is 1. The highest BCUT2D eigenvalue weighted by molar-refractivity contribution is 5.87. The van der Waals surface area contributed by atoms with Crippen LogP contribution in [0.2, 0.25) is 0 Å². The molecule has 24 heavy (non-hydrogen) atoms. The van der Waals surface area contributed by atoms with Gasteiger partial charge in [-0.15, -0.1) is 0 Å². The summed E-state index contributed by atoms with van der Waals surface area (Å²) in [4.78, 5) is 13.1. The third-order valence-corrected chi connectivity index (χ3v) is 8.10. The number of aliphatic hydroxyl groups excluding tert-OH is 2. The van der Waals surface area contributed by atoms with E-state index in [2.05, 4.69) is 19.2 Å². The Hall–Kier alpha value is -0.870. The van der Waals surface area contributed by atoms with Gasteiger partial charge in [-0.1, -0.05) is 6.92 Å². The molecule has 0 unspecified atom stereocenters. The standard InChI is InChI=1S/C20H31NO3/c1-11(22)15-6-7-16-14-5-4-12-10-13(23)8-9-19(12,2)17(14)21-18(24)20(15,16)3/h11-13,15-16,22-23H,4-10H2,1-3H3,(H,21,24)/t11-,12+,13+,15-,16+,19+,20-/m1/s1. The summed E-state index contributed by atoms with van der Waals surface area (Å²) in [5.74, 6) is 0.919. The van der Waals surface area contributed by atoms with Gasteiger partial charge in [-0.05, 0) is 82.1 Å². The maximum atomic E-state index is 13.1. The molecule has 4 heteroatoms. The van der Waals surface area contributed by atoms with Gasteiger partial charge >= 0.3 is 0 Å². The third-order valence-electron chi connectivity index (χ3n) is 8.10. The molecular weight excluding hydrogens is 302 g/mol. The molecule has 3 aliphatic carbocycles. The molecule has 2 fully saturated rings. The first kappa shape index (κ1) is 16.6. The number of rotatable bonds is 1. The minimum Gasteiger partial charge on any atom is -0.393 e. The Morgan fingerprint density at radius 1 is 1.21 bits per heavy atom. The highest BCUT2D eigenvalue weighted by Gasteiger charge is 2.60. The van der Waals surface area contributed by atoms with Gasteiger partial charge in [0.05, 0.1) is 17.6 Å². The normalized spacial score (nSPS) is 49.1. The van der Waals surface area contributed by atoms with Crippen molar-refractivity contribution in [2.45, 2.75) is 77.9 Å². The Balaban J connectivity index is 1.76. The van der Waals surface area contributed by atoms with Crippen LogP contribution in [0.4, 0.5) is 0 Å². The van der Waals surface area contributed by atoms with Gasteiger partial charge in [-0.25, -0.2) is 0 Å². The predicted octanol–water partition coefficient (Wildman–Crippen LogP) is 2.74. The Labute approximate surface area is 144 Å². The smallest absolute Gasteiger partial charge is 0.231 e. The fourth-order valence-electron chi connectivity index (χ4n) is 6.59. The van der Waals surface area contributed by atoms with E-state index in [0.717, 1.165) is 44.9 Å². The maximum absolute atomic E-state index is 13.1. The molecule has 0 aromatic rings. The number of hydrogen-bond acceptors (Lipinski definition) is 3. The zero-order chi connectivity index (χ0) is 17.3. The molecule has 7 atom stereocenters. The molecule has 1 amide bonds. The van der Waals surface area contributed by atoms with Gasteiger partial charge in [0.2, 0.25) is 5.91 Å². The second-order valence-electron chi connectivity index (χ2n) is 9.20. The van der Waals surface area contributed by atoms with Crippen LogP contribution in [-0.2, 0) is 4.79 Å². The number of allylic oxidation sites excluding steroid dienone is 2. The molecule has 1 aliphatic heterocycles. The van der Waals surface area contributed by atoms with Crippen LogP contribution < -0.4 is 5.32 Å². The first-order chi connectivity index (χ1) is 11.3. The van der Waals surface area contributed by atoms with Gasteiger partial charge in [-0.3, -0.25) is 4.79 Å². The number of fused-ring (bicyclic) bond motifs is 4. The van der Waals surface area contributed by atoms with Gasteiger partial charge in [0.1, 0.15) is 0 Å². The van der Waals surface area contributed by atoms with Crippen molar-refractivity contribution in [3.8, 4) is 0 Å². The monoisotopic (exact) mass is 333 g/mol. The minimum absolute atomic E-state index is 0.00667. The fourth-order valence-corrected chi connectivity index (χ4v) is 6.59. The average molecular weight is 333 g/mol. The first-order valence-electron chi connectivity index (χ1n) is 9.69. The van der Waals surface area contributed by atoms with E-state index in [1.807, 2.05) is 6.92 Å². The Bertz CT molecular complexity index is 598. The number of hydrogen-bond donors (Lipinski definition) is 3. The quantitative estimate of drug-likeness (QED) is 0.691. The van der Waals surface area contributed by atoms with E-state index in [1.165, 1.54) is 11.3 Å². The Morgan fingerprint density at radius 3 is 2.67 bits per heavy atom. The van der Waals surface area contributed by atoms with E-state index in [0.29, 0.717) is 5.92 Å². The summed E-state index contributed by atoms with van der Waals surface area (Å²) in [6, 6.07) is 0. The molecule has 134 valence electrons. The lowest BCUT2D eigenvalue weighted by Crippen LogP contribution is -2.56. The number of carbonyl (C=O) groups is 1. The summed E-state index contributed by atoms with van der Waals surface area (Å²) in [6.45, 7) is 6.19. The van der Waals surface area contributed by atoms with Crippen molar-refractivity contribution in [2.24, 2.45) is 28.6 Å². The van der Waals surface area contributed by atoms with Crippen LogP contribution in [-0.4, -0.2) is 28.3 Å². The summed E-state index contributed by atoms with van der Waals surface area (Å²) in [5, 5.41) is 23.6. The summed E-state index contributed by atoms with van der Waals surface area (Å²) in [5.41, 5.74) is 2.18. The zero-order valence-electron chi connectivity index (χ0n) is 15.1. The van der Waals surface area contributed by atoms with Crippen molar-refractivity contribution in [1.82, 2.24) is 5.32 Å². The van der Waals surface area contributed by atoms with Crippen LogP contribution in [0.25, 0.3) is 0 Å². The van der Waals surface area contributed by atoms with Gasteiger partial charge in [0, 0.05) is 11.1 Å². The number of amides is 1. The molecule has 1 heterocycles. The lowest BCUT2D eigenvalue weighted by molar-refractivity contribution is -0.138. The summed E-state index contributed by atoms with van der Waals surface area (Å²) in [7, 11) is 0. The first-order valence-corrected chi connectivity index (χ1v) is 9.69. The molecule has 3 N–H and O–H groups in total. The molecular formula is C20H31NO3. The van der Waals surface area contributed by atoms with Gasteiger partial charge < -0.3 is 15.5 Å². The Morgan fingerprint density at radius 2 is 1.96 bits per heavy atom. The molecule has 4 rings (SSSR count). The zero-order valence-corrected chi connectivity index (χ0v) is 15.1. The van der Waals surface area contributed by atoms with Crippen LogP contribution in [0.3, 0.4) is 0 Å². The third kappa shape index (κ3) is 2.02. The molecule has 0 aromatic heterocycles. The molecule has 0 spiro atoms. The molecule has 4 nitrogen and oxygen atoms in total. The highest BCUT2D eigenvalue weighted by Crippen LogP contribution is 2.61. The molecule has 2 saturated carbocycles. The molecule has 4 aliphatic rings. The number of aliphatic hydroxyl groups is 2. The summed E-state index contributed by atoms with van der Waals surface area (Å²) >= 11 is 0. The molecule has 0 aromatic carbocycles. The average Bonchev–Trinajstić information content (AvgIpc) is 2.88. The second kappa shape index (κ2) is 5.31. The van der Waals surface area contributed by atoms with Gasteiger partial charge in [0.25, 0.3) is 0 Å². The van der Waals surface area contributed by atoms with Gasteiger partial charge in [-0.2, -0.15) is 0 Å². The van der Waals surface area contributed by atoms with Crippen molar-refractivity contribution in [3.05, 3.63) is 11.3 Å². The van der Waals surface area contributed by atoms with E-state index >= 15 is 0 Å². The summed E-state index contributed by atoms with van der Waals surface area (Å²) in [6.07, 6.45) is 6.14. The van der Waals surface area contributed by atoms with E-state index in [4.69, 9.17) is 0 Å². The topological polar surface area (TPSA) is 69.6 Å². The van der Waals surface area contributed by atoms with Crippen molar-refractivity contribution in [2.75, 3.05) is 0 Å². The Kier molecular flexibility index (Phi) is 3.67. The van der Waals surface area contributed by atoms with E-state index in [1.54, 1.807) is 0 Å². The predicted molar refractivity (Wildman–Crippen MR) is 91.9 cm³/mol. The second-order valence-corrected chi connectivity index (χ2v) is 9.20. The molecule has 0 saturated heterocycles. The van der Waals surface area contributed by atoms with E-state index < -0.39 is 11.5 Å². The lowest BCUT2D eigenvalue weighted by atomic mass is 9.55. The SMILES string of the molecule is C[C@@H](O)[C@H]1CC[C@H]2C3=C(NC(=O)[C@]12C)[C@@]1(C)CC[C@H](O)C[C@@H]1CC3. The van der Waals surface area contributed by atoms with Crippen molar-refractivity contribution in [1.29, 1.82) is 0 Å². The van der Waals surface area contributed by atoms with Crippen molar-refractivity contribution < 1.29 is 15.0 Å². The van der Waals surface area contributed by atoms with Crippen LogP contribution in [0.1, 0.15) is 65.7 Å². The largest absolute Gasteiger partial charge is 0.393 e. The van der Waals surface area contributed by atoms with Crippen LogP contribution in [0, 0.1) is 28.6 Å². The minimum atomic E-state index is -0.468. The maximum Gasteiger partial charge on any atom is 0.231 e. The number of carbonyl (C=O) groups excluding carboxylic acids is 1. The highest BCUT2D eigenvalue weighted by atomic mass is 16.3. The van der Waals surface area contributed by atoms with Crippen LogP contribution in [0.15, 0.2) is 11.3 Å². The fraction of sp³-hybridized carbons (Fsp3) is 0.850. The van der Waals surface area contributed by atoms with E-state index in [9.17, 15) is 15.0 Å².